The predicted molar refractivity (Wildman–Crippen MR) is 89.5 cm³/mol. The molecule has 1 aliphatic rings. The van der Waals surface area contributed by atoms with Gasteiger partial charge in [-0.2, -0.15) is 0 Å². The standard InChI is InChI=1S/C15H13BrFN3S/c16-11-7-9(4-5-12(11)17)19-15-10(14(18)21)6-8-2-1-3-13(8)20-15/h4-7H,1-3H2,(H2,18,21)(H,19,20). The summed E-state index contributed by atoms with van der Waals surface area (Å²) in [5.74, 6) is 0.318. The highest BCUT2D eigenvalue weighted by Gasteiger charge is 2.18. The number of thiocarbonyl (C=S) groups is 1. The normalized spacial score (nSPS) is 13.0. The summed E-state index contributed by atoms with van der Waals surface area (Å²) in [6, 6.07) is 6.71. The van der Waals surface area contributed by atoms with Gasteiger partial charge in [0.05, 0.1) is 10.0 Å². The van der Waals surface area contributed by atoms with E-state index in [0.717, 1.165) is 36.2 Å². The molecule has 0 aliphatic heterocycles. The number of halogens is 2. The average molecular weight is 366 g/mol. The fourth-order valence-corrected chi connectivity index (χ4v) is 3.00. The topological polar surface area (TPSA) is 50.9 Å². The molecule has 0 atom stereocenters. The lowest BCUT2D eigenvalue weighted by molar-refractivity contribution is 0.621. The van der Waals surface area contributed by atoms with Crippen LogP contribution in [0, 0.1) is 5.82 Å². The van der Waals surface area contributed by atoms with Crippen LogP contribution in [0.2, 0.25) is 0 Å². The Hall–Kier alpha value is -1.53. The van der Waals surface area contributed by atoms with Crippen molar-refractivity contribution in [3.8, 4) is 0 Å². The number of anilines is 2. The van der Waals surface area contributed by atoms with Crippen molar-refractivity contribution in [3.05, 3.63) is 51.4 Å². The third-order valence-corrected chi connectivity index (χ3v) is 4.33. The molecule has 108 valence electrons. The van der Waals surface area contributed by atoms with Crippen LogP contribution in [0.1, 0.15) is 23.2 Å². The zero-order chi connectivity index (χ0) is 15.0. The molecule has 6 heteroatoms. The van der Waals surface area contributed by atoms with E-state index < -0.39 is 0 Å². The fourth-order valence-electron chi connectivity index (χ4n) is 2.47. The Morgan fingerprint density at radius 2 is 2.14 bits per heavy atom. The van der Waals surface area contributed by atoms with E-state index in [0.29, 0.717) is 15.3 Å². The van der Waals surface area contributed by atoms with Crippen molar-refractivity contribution in [2.24, 2.45) is 5.73 Å². The number of benzene rings is 1. The number of fused-ring (bicyclic) bond motifs is 1. The zero-order valence-electron chi connectivity index (χ0n) is 11.1. The molecule has 2 aromatic rings. The maximum Gasteiger partial charge on any atom is 0.140 e. The molecule has 1 heterocycles. The molecular weight excluding hydrogens is 353 g/mol. The molecule has 3 N–H and O–H groups in total. The van der Waals surface area contributed by atoms with E-state index >= 15 is 0 Å². The molecule has 3 nitrogen and oxygen atoms in total. The molecule has 21 heavy (non-hydrogen) atoms. The fraction of sp³-hybridized carbons (Fsp3) is 0.200. The van der Waals surface area contributed by atoms with Gasteiger partial charge in [0.1, 0.15) is 16.6 Å². The lowest BCUT2D eigenvalue weighted by Crippen LogP contribution is -2.14. The number of nitrogens with zero attached hydrogens (tertiary/aromatic N) is 1. The van der Waals surface area contributed by atoms with Gasteiger partial charge in [-0.05, 0) is 65.0 Å². The van der Waals surface area contributed by atoms with Crippen molar-refractivity contribution in [2.45, 2.75) is 19.3 Å². The SMILES string of the molecule is NC(=S)c1cc2c(nc1Nc1ccc(F)c(Br)c1)CCC2. The molecule has 0 fully saturated rings. The van der Waals surface area contributed by atoms with E-state index in [1.807, 2.05) is 6.07 Å². The van der Waals surface area contributed by atoms with Crippen LogP contribution in [-0.2, 0) is 12.8 Å². The van der Waals surface area contributed by atoms with E-state index in [9.17, 15) is 4.39 Å². The first kappa shape index (κ1) is 14.4. The van der Waals surface area contributed by atoms with Crippen LogP contribution >= 0.6 is 28.1 Å². The largest absolute Gasteiger partial charge is 0.389 e. The number of hydrogen-bond acceptors (Lipinski definition) is 3. The van der Waals surface area contributed by atoms with Crippen LogP contribution in [0.4, 0.5) is 15.9 Å². The predicted octanol–water partition coefficient (Wildman–Crippen LogP) is 3.85. The molecule has 1 aliphatic carbocycles. The van der Waals surface area contributed by atoms with Gasteiger partial charge in [0, 0.05) is 11.4 Å². The van der Waals surface area contributed by atoms with Gasteiger partial charge in [-0.15, -0.1) is 0 Å². The number of aryl methyl sites for hydroxylation is 2. The number of nitrogens with one attached hydrogen (secondary N) is 1. The quantitative estimate of drug-likeness (QED) is 0.811. The van der Waals surface area contributed by atoms with E-state index in [-0.39, 0.29) is 5.82 Å². The molecule has 0 amide bonds. The molecule has 1 aromatic carbocycles. The van der Waals surface area contributed by atoms with Crippen molar-refractivity contribution in [2.75, 3.05) is 5.32 Å². The van der Waals surface area contributed by atoms with E-state index in [1.54, 1.807) is 12.1 Å². The summed E-state index contributed by atoms with van der Waals surface area (Å²) in [6.07, 6.45) is 3.08. The minimum Gasteiger partial charge on any atom is -0.389 e. The van der Waals surface area contributed by atoms with Crippen molar-refractivity contribution in [3.63, 3.8) is 0 Å². The second kappa shape index (κ2) is 5.69. The number of pyridine rings is 1. The molecule has 0 saturated carbocycles. The van der Waals surface area contributed by atoms with Crippen LogP contribution < -0.4 is 11.1 Å². The zero-order valence-corrected chi connectivity index (χ0v) is 13.5. The summed E-state index contributed by atoms with van der Waals surface area (Å²) in [7, 11) is 0. The Morgan fingerprint density at radius 3 is 2.86 bits per heavy atom. The first-order valence-corrected chi connectivity index (χ1v) is 7.79. The molecule has 0 spiro atoms. The van der Waals surface area contributed by atoms with Crippen molar-refractivity contribution >= 4 is 44.6 Å². The van der Waals surface area contributed by atoms with Crippen LogP contribution in [-0.4, -0.2) is 9.97 Å². The highest BCUT2D eigenvalue weighted by atomic mass is 79.9. The molecule has 0 saturated heterocycles. The maximum absolute atomic E-state index is 13.3. The monoisotopic (exact) mass is 365 g/mol. The van der Waals surface area contributed by atoms with E-state index in [4.69, 9.17) is 18.0 Å². The average Bonchev–Trinajstić information content (AvgIpc) is 2.89. The second-order valence-electron chi connectivity index (χ2n) is 4.96. The van der Waals surface area contributed by atoms with Crippen LogP contribution in [0.25, 0.3) is 0 Å². The summed E-state index contributed by atoms with van der Waals surface area (Å²) in [5, 5.41) is 3.18. The van der Waals surface area contributed by atoms with Gasteiger partial charge < -0.3 is 11.1 Å². The molecular formula is C15H13BrFN3S. The van der Waals surface area contributed by atoms with Crippen molar-refractivity contribution < 1.29 is 4.39 Å². The molecule has 3 rings (SSSR count). The van der Waals surface area contributed by atoms with Crippen molar-refractivity contribution in [1.29, 1.82) is 0 Å². The summed E-state index contributed by atoms with van der Waals surface area (Å²) < 4.78 is 13.7. The van der Waals surface area contributed by atoms with Gasteiger partial charge >= 0.3 is 0 Å². The second-order valence-corrected chi connectivity index (χ2v) is 6.26. The van der Waals surface area contributed by atoms with Gasteiger partial charge in [0.2, 0.25) is 0 Å². The lowest BCUT2D eigenvalue weighted by Gasteiger charge is -2.13. The Kier molecular flexibility index (Phi) is 3.91. The number of aromatic nitrogens is 1. The van der Waals surface area contributed by atoms with Gasteiger partial charge in [-0.25, -0.2) is 9.37 Å². The van der Waals surface area contributed by atoms with Crippen molar-refractivity contribution in [1.82, 2.24) is 4.98 Å². The highest BCUT2D eigenvalue weighted by molar-refractivity contribution is 9.10. The number of hydrogen-bond donors (Lipinski definition) is 2. The summed E-state index contributed by atoms with van der Waals surface area (Å²) in [5.41, 5.74) is 9.55. The molecule has 1 aromatic heterocycles. The maximum atomic E-state index is 13.3. The van der Waals surface area contributed by atoms with Gasteiger partial charge in [0.15, 0.2) is 0 Å². The first-order chi connectivity index (χ1) is 10.0. The minimum atomic E-state index is -0.308. The van der Waals surface area contributed by atoms with Gasteiger partial charge in [-0.3, -0.25) is 0 Å². The van der Waals surface area contributed by atoms with Crippen LogP contribution in [0.5, 0.6) is 0 Å². The Morgan fingerprint density at radius 1 is 1.33 bits per heavy atom. The van der Waals surface area contributed by atoms with Crippen LogP contribution in [0.3, 0.4) is 0 Å². The molecule has 0 radical (unpaired) electrons. The third-order valence-electron chi connectivity index (χ3n) is 3.50. The third kappa shape index (κ3) is 2.91. The Labute approximate surface area is 135 Å². The van der Waals surface area contributed by atoms with E-state index in [2.05, 4.69) is 26.2 Å². The molecule has 0 unspecified atom stereocenters. The number of rotatable bonds is 3. The highest BCUT2D eigenvalue weighted by Crippen LogP contribution is 2.28. The lowest BCUT2D eigenvalue weighted by atomic mass is 10.1. The minimum absolute atomic E-state index is 0.306. The Bertz CT molecular complexity index is 733. The smallest absolute Gasteiger partial charge is 0.140 e. The number of nitrogens with two attached hydrogens (primary N) is 1. The molecule has 0 bridgehead atoms. The van der Waals surface area contributed by atoms with Crippen LogP contribution in [0.15, 0.2) is 28.7 Å². The summed E-state index contributed by atoms with van der Waals surface area (Å²) in [6.45, 7) is 0. The van der Waals surface area contributed by atoms with Gasteiger partial charge in [0.25, 0.3) is 0 Å². The van der Waals surface area contributed by atoms with E-state index in [1.165, 1.54) is 11.6 Å². The first-order valence-electron chi connectivity index (χ1n) is 6.59. The van der Waals surface area contributed by atoms with Gasteiger partial charge in [-0.1, -0.05) is 12.2 Å². The summed E-state index contributed by atoms with van der Waals surface area (Å²) >= 11 is 8.28. The summed E-state index contributed by atoms with van der Waals surface area (Å²) in [4.78, 5) is 4.94. The Balaban J connectivity index is 2.01.